The maximum absolute atomic E-state index is 14.0. The van der Waals surface area contributed by atoms with Crippen LogP contribution in [-0.4, -0.2) is 18.1 Å². The molecule has 1 aromatic rings. The highest BCUT2D eigenvalue weighted by Crippen LogP contribution is 2.39. The largest absolute Gasteiger partial charge is 0.363 e. The van der Waals surface area contributed by atoms with E-state index in [1.807, 2.05) is 0 Å². The van der Waals surface area contributed by atoms with E-state index >= 15 is 0 Å². The maximum Gasteiger partial charge on any atom is 0.146 e. The molecule has 0 aromatic heterocycles. The van der Waals surface area contributed by atoms with E-state index in [0.717, 1.165) is 25.7 Å². The molecular weight excluding hydrogens is 251 g/mol. The Morgan fingerprint density at radius 3 is 2.56 bits per heavy atom. The van der Waals surface area contributed by atoms with E-state index in [2.05, 4.69) is 4.90 Å². The average molecular weight is 269 g/mol. The molecule has 0 spiro atoms. The first kappa shape index (κ1) is 12.2. The molecule has 2 saturated heterocycles. The molecule has 0 amide bonds. The van der Waals surface area contributed by atoms with Gasteiger partial charge in [0.1, 0.15) is 5.82 Å². The van der Waals surface area contributed by atoms with Gasteiger partial charge in [-0.25, -0.2) is 4.39 Å². The van der Waals surface area contributed by atoms with Gasteiger partial charge >= 0.3 is 0 Å². The monoisotopic (exact) mass is 268 g/mol. The van der Waals surface area contributed by atoms with Crippen molar-refractivity contribution in [1.29, 1.82) is 0 Å². The third kappa shape index (κ3) is 2.10. The molecule has 2 heterocycles. The SMILES string of the molecule is NC1CC2CCCC(C1)N2c1cc(Cl)ccc1F. The van der Waals surface area contributed by atoms with Crippen molar-refractivity contribution in [3.05, 3.63) is 29.0 Å². The van der Waals surface area contributed by atoms with Crippen molar-refractivity contribution in [2.45, 2.75) is 50.2 Å². The van der Waals surface area contributed by atoms with Crippen molar-refractivity contribution in [1.82, 2.24) is 0 Å². The number of piperidine rings is 2. The van der Waals surface area contributed by atoms with E-state index < -0.39 is 0 Å². The van der Waals surface area contributed by atoms with Crippen LogP contribution in [0, 0.1) is 5.82 Å². The molecule has 0 radical (unpaired) electrons. The van der Waals surface area contributed by atoms with Gasteiger partial charge in [-0.15, -0.1) is 0 Å². The molecule has 2 bridgehead atoms. The number of hydrogen-bond acceptors (Lipinski definition) is 2. The molecule has 2 unspecified atom stereocenters. The van der Waals surface area contributed by atoms with Crippen LogP contribution in [0.25, 0.3) is 0 Å². The number of fused-ring (bicyclic) bond motifs is 2. The Labute approximate surface area is 112 Å². The summed E-state index contributed by atoms with van der Waals surface area (Å²) >= 11 is 6.00. The lowest BCUT2D eigenvalue weighted by Gasteiger charge is -2.49. The number of benzene rings is 1. The Balaban J connectivity index is 1.97. The zero-order valence-electron chi connectivity index (χ0n) is 10.3. The summed E-state index contributed by atoms with van der Waals surface area (Å²) in [5.41, 5.74) is 6.74. The van der Waals surface area contributed by atoms with Crippen LogP contribution in [0.2, 0.25) is 5.02 Å². The summed E-state index contributed by atoms with van der Waals surface area (Å²) in [6.45, 7) is 0. The first-order valence-corrected chi connectivity index (χ1v) is 7.02. The number of halogens is 2. The normalized spacial score (nSPS) is 31.5. The minimum Gasteiger partial charge on any atom is -0.363 e. The first-order chi connectivity index (χ1) is 8.65. The lowest BCUT2D eigenvalue weighted by molar-refractivity contribution is 0.269. The molecular formula is C14H18ClFN2. The quantitative estimate of drug-likeness (QED) is 0.847. The van der Waals surface area contributed by atoms with E-state index in [1.165, 1.54) is 12.5 Å². The van der Waals surface area contributed by atoms with Gasteiger partial charge in [0.25, 0.3) is 0 Å². The number of nitrogens with zero attached hydrogens (tertiary/aromatic N) is 1. The number of anilines is 1. The molecule has 98 valence electrons. The first-order valence-electron chi connectivity index (χ1n) is 6.64. The Bertz CT molecular complexity index is 437. The van der Waals surface area contributed by atoms with Crippen molar-refractivity contribution < 1.29 is 4.39 Å². The Morgan fingerprint density at radius 1 is 1.22 bits per heavy atom. The second kappa shape index (κ2) is 4.71. The predicted molar refractivity (Wildman–Crippen MR) is 72.5 cm³/mol. The summed E-state index contributed by atoms with van der Waals surface area (Å²) in [4.78, 5) is 2.23. The van der Waals surface area contributed by atoms with Gasteiger partial charge in [-0.05, 0) is 50.3 Å². The van der Waals surface area contributed by atoms with Gasteiger partial charge in [-0.1, -0.05) is 11.6 Å². The number of nitrogens with two attached hydrogens (primary N) is 1. The molecule has 3 rings (SSSR count). The standard InChI is InChI=1S/C14H18ClFN2/c15-9-4-5-13(16)14(6-9)18-11-2-1-3-12(18)8-10(17)7-11/h4-6,10-12H,1-3,7-8,17H2. The van der Waals surface area contributed by atoms with Crippen LogP contribution in [0.4, 0.5) is 10.1 Å². The fourth-order valence-corrected chi connectivity index (χ4v) is 3.67. The van der Waals surface area contributed by atoms with E-state index in [0.29, 0.717) is 22.8 Å². The van der Waals surface area contributed by atoms with E-state index in [-0.39, 0.29) is 11.9 Å². The molecule has 0 aliphatic carbocycles. The van der Waals surface area contributed by atoms with Gasteiger partial charge in [0.15, 0.2) is 0 Å². The van der Waals surface area contributed by atoms with Gasteiger partial charge in [0.2, 0.25) is 0 Å². The molecule has 0 saturated carbocycles. The predicted octanol–water partition coefficient (Wildman–Crippen LogP) is 3.33. The van der Waals surface area contributed by atoms with Crippen molar-refractivity contribution in [2.24, 2.45) is 5.73 Å². The van der Waals surface area contributed by atoms with E-state index in [9.17, 15) is 4.39 Å². The zero-order chi connectivity index (χ0) is 12.7. The smallest absolute Gasteiger partial charge is 0.146 e. The second-order valence-electron chi connectivity index (χ2n) is 5.47. The molecule has 2 aliphatic heterocycles. The fraction of sp³-hybridized carbons (Fsp3) is 0.571. The van der Waals surface area contributed by atoms with Crippen molar-refractivity contribution in [3.63, 3.8) is 0 Å². The summed E-state index contributed by atoms with van der Waals surface area (Å²) in [6, 6.07) is 5.83. The van der Waals surface area contributed by atoms with E-state index in [4.69, 9.17) is 17.3 Å². The summed E-state index contributed by atoms with van der Waals surface area (Å²) in [5, 5.41) is 0.597. The minimum absolute atomic E-state index is 0.174. The van der Waals surface area contributed by atoms with Crippen molar-refractivity contribution in [3.8, 4) is 0 Å². The van der Waals surface area contributed by atoms with Gasteiger partial charge < -0.3 is 10.6 Å². The van der Waals surface area contributed by atoms with Crippen LogP contribution in [0.5, 0.6) is 0 Å². The van der Waals surface area contributed by atoms with Gasteiger partial charge in [0, 0.05) is 23.1 Å². The summed E-state index contributed by atoms with van der Waals surface area (Å²) in [6.07, 6.45) is 5.36. The third-order valence-electron chi connectivity index (χ3n) is 4.20. The molecule has 2 fully saturated rings. The van der Waals surface area contributed by atoms with Crippen molar-refractivity contribution in [2.75, 3.05) is 4.90 Å². The Morgan fingerprint density at radius 2 is 1.89 bits per heavy atom. The van der Waals surface area contributed by atoms with Crippen LogP contribution in [0.15, 0.2) is 18.2 Å². The number of rotatable bonds is 1. The number of hydrogen-bond donors (Lipinski definition) is 1. The maximum atomic E-state index is 14.0. The molecule has 2 aliphatic rings. The fourth-order valence-electron chi connectivity index (χ4n) is 3.50. The summed E-state index contributed by atoms with van der Waals surface area (Å²) in [7, 11) is 0. The molecule has 1 aromatic carbocycles. The molecule has 2 nitrogen and oxygen atoms in total. The van der Waals surface area contributed by atoms with Crippen LogP contribution in [0.3, 0.4) is 0 Å². The molecule has 4 heteroatoms. The lowest BCUT2D eigenvalue weighted by Crippen LogP contribution is -2.55. The second-order valence-corrected chi connectivity index (χ2v) is 5.91. The third-order valence-corrected chi connectivity index (χ3v) is 4.43. The summed E-state index contributed by atoms with van der Waals surface area (Å²) < 4.78 is 14.0. The van der Waals surface area contributed by atoms with Gasteiger partial charge in [0.05, 0.1) is 5.69 Å². The topological polar surface area (TPSA) is 29.3 Å². The average Bonchev–Trinajstić information content (AvgIpc) is 2.31. The van der Waals surface area contributed by atoms with Crippen LogP contribution in [-0.2, 0) is 0 Å². The molecule has 2 N–H and O–H groups in total. The highest BCUT2D eigenvalue weighted by Gasteiger charge is 2.38. The van der Waals surface area contributed by atoms with Crippen LogP contribution >= 0.6 is 11.6 Å². The molecule has 2 atom stereocenters. The zero-order valence-corrected chi connectivity index (χ0v) is 11.0. The van der Waals surface area contributed by atoms with Gasteiger partial charge in [-0.3, -0.25) is 0 Å². The van der Waals surface area contributed by atoms with Gasteiger partial charge in [-0.2, -0.15) is 0 Å². The van der Waals surface area contributed by atoms with Crippen molar-refractivity contribution >= 4 is 17.3 Å². The molecule has 18 heavy (non-hydrogen) atoms. The Hall–Kier alpha value is -0.800. The lowest BCUT2D eigenvalue weighted by atomic mass is 9.81. The summed E-state index contributed by atoms with van der Waals surface area (Å²) in [5.74, 6) is -0.174. The van der Waals surface area contributed by atoms with Crippen LogP contribution < -0.4 is 10.6 Å². The highest BCUT2D eigenvalue weighted by atomic mass is 35.5. The minimum atomic E-state index is -0.174. The Kier molecular flexibility index (Phi) is 3.20. The van der Waals surface area contributed by atoms with Crippen LogP contribution in [0.1, 0.15) is 32.1 Å². The highest BCUT2D eigenvalue weighted by molar-refractivity contribution is 6.30. The van der Waals surface area contributed by atoms with E-state index in [1.54, 1.807) is 12.1 Å².